The molecule has 5 fully saturated rings. The van der Waals surface area contributed by atoms with Gasteiger partial charge in [-0.3, -0.25) is 70.5 Å². The number of carbonyl (C=O) groups excluding carboxylic acids is 1. The summed E-state index contributed by atoms with van der Waals surface area (Å²) in [6.45, 7) is -10.3. The molecule has 15 N–H and O–H groups in total. The number of thiol groups is 1. The third-order valence-corrected chi connectivity index (χ3v) is 27.0. The van der Waals surface area contributed by atoms with Crippen molar-refractivity contribution < 1.29 is 108 Å². The van der Waals surface area contributed by atoms with Crippen molar-refractivity contribution in [1.82, 2.24) is 63.0 Å². The smallest absolute Gasteiger partial charge is 0.386 e. The summed E-state index contributed by atoms with van der Waals surface area (Å²) < 4.78 is 130. The first-order valence-corrected chi connectivity index (χ1v) is 48.3. The third kappa shape index (κ3) is 24.8. The number of H-pyrrole nitrogens is 3. The van der Waals surface area contributed by atoms with E-state index < -0.39 is 196 Å². The maximum Gasteiger partial charge on any atom is 0.386 e. The number of nitrogen functional groups attached to an aromatic ring is 3. The second kappa shape index (κ2) is 40.4. The summed E-state index contributed by atoms with van der Waals surface area (Å²) in [6, 6.07) is 2.74. The van der Waals surface area contributed by atoms with Gasteiger partial charge in [-0.2, -0.15) is 15.0 Å². The molecule has 120 heavy (non-hydrogen) atoms. The van der Waals surface area contributed by atoms with Crippen LogP contribution in [-0.4, -0.2) is 237 Å². The summed E-state index contributed by atoms with van der Waals surface area (Å²) in [5, 5.41) is 13.2. The molecule has 666 valence electrons. The molecule has 12 unspecified atom stereocenters. The lowest BCUT2D eigenvalue weighted by atomic mass is 10.0. The zero-order chi connectivity index (χ0) is 87.1. The van der Waals surface area contributed by atoms with Crippen molar-refractivity contribution in [2.75, 3.05) is 103 Å². The molecule has 0 bridgehead atoms. The van der Waals surface area contributed by atoms with E-state index in [1.165, 1.54) is 60.2 Å². The SMILES string of the molecule is COC1C(OP(O)(=S)OCC2O[C@@H](n3ccc(N)nc3=O)C[C@H]2OP(=O)(S)OCC2O[C@@H](n3cnc4c(=O)[nH]c(N)nc43)C[C@H]2OP(O)(=S)OCC2O[C@@H](n3cc(C)c(=O)[nH]c3=O)C[C@H]2OP(=S)(OCCOCCOCCNC(=O)CC(C)(C)OC(C)(C)CN)OCC2O[C@@H](n3ccc(N)nc3=O)C[C@H]2C)C(CO)OC1n1cc(Br)c(=O)[nH]c1=O. The van der Waals surface area contributed by atoms with E-state index in [0.29, 0.717) is 6.42 Å². The molecule has 0 spiro atoms. The first-order valence-electron chi connectivity index (χ1n) is 37.1. The van der Waals surface area contributed by atoms with Crippen LogP contribution in [0, 0.1) is 12.8 Å². The second-order valence-electron chi connectivity index (χ2n) is 29.3. The highest BCUT2D eigenvalue weighted by atomic mass is 79.9. The topological polar surface area (TPSA) is 620 Å². The Kier molecular flexibility index (Phi) is 32.0. The van der Waals surface area contributed by atoms with E-state index in [1.54, 1.807) is 13.8 Å². The number of nitrogens with one attached hydrogen (secondary N) is 4. The van der Waals surface area contributed by atoms with Crippen molar-refractivity contribution in [3.63, 3.8) is 0 Å². The van der Waals surface area contributed by atoms with Gasteiger partial charge in [0.25, 0.3) is 16.7 Å². The minimum absolute atomic E-state index is 0.00748. The number of amides is 1. The molecule has 47 nitrogen and oxygen atoms in total. The van der Waals surface area contributed by atoms with Gasteiger partial charge in [0, 0.05) is 69.8 Å². The number of aliphatic hydroxyl groups is 1. The molecule has 11 heterocycles. The summed E-state index contributed by atoms with van der Waals surface area (Å²) in [5.74, 6) is -0.944. The van der Waals surface area contributed by atoms with Gasteiger partial charge in [-0.25, -0.2) is 28.7 Å². The van der Waals surface area contributed by atoms with Crippen molar-refractivity contribution in [3.8, 4) is 0 Å². The van der Waals surface area contributed by atoms with Gasteiger partial charge in [-0.1, -0.05) is 19.2 Å². The molecule has 1 amide bonds. The lowest BCUT2D eigenvalue weighted by Gasteiger charge is -2.35. The van der Waals surface area contributed by atoms with Crippen LogP contribution in [0.1, 0.15) is 103 Å². The van der Waals surface area contributed by atoms with Crippen molar-refractivity contribution in [2.24, 2.45) is 11.7 Å². The number of aryl methyl sites for hydroxylation is 1. The van der Waals surface area contributed by atoms with Crippen LogP contribution in [0.2, 0.25) is 0 Å². The number of carbonyl (C=O) groups is 1. The number of aliphatic hydroxyl groups excluding tert-OH is 1. The number of nitrogens with two attached hydrogens (primary N) is 4. The molecule has 5 saturated heterocycles. The zero-order valence-corrected chi connectivity index (χ0v) is 73.8. The number of anilines is 3. The van der Waals surface area contributed by atoms with Crippen LogP contribution < -0.4 is 67.7 Å². The highest BCUT2D eigenvalue weighted by Crippen LogP contribution is 2.59. The summed E-state index contributed by atoms with van der Waals surface area (Å²) in [6.07, 6.45) is -13.2. The first-order chi connectivity index (χ1) is 56.5. The average molecular weight is 1910 g/mol. The van der Waals surface area contributed by atoms with Crippen molar-refractivity contribution in [3.05, 3.63) is 126 Å². The normalized spacial score (nSPS) is 27.4. The van der Waals surface area contributed by atoms with Gasteiger partial charge in [0.1, 0.15) is 79.3 Å². The number of methoxy groups -OCH3 is 1. The number of imidazole rings is 1. The molecule has 6 aromatic rings. The molecule has 0 aliphatic carbocycles. The van der Waals surface area contributed by atoms with E-state index in [0.717, 1.165) is 19.9 Å². The van der Waals surface area contributed by atoms with Gasteiger partial charge in [0.2, 0.25) is 11.9 Å². The predicted octanol–water partition coefficient (Wildman–Crippen LogP) is 0.634. The van der Waals surface area contributed by atoms with Crippen LogP contribution in [0.15, 0.2) is 81.3 Å². The molecule has 20 atom stereocenters. The van der Waals surface area contributed by atoms with Gasteiger partial charge in [-0.05, 0) is 110 Å². The Morgan fingerprint density at radius 1 is 0.642 bits per heavy atom. The lowest BCUT2D eigenvalue weighted by molar-refractivity contribution is -0.142. The Labute approximate surface area is 710 Å². The largest absolute Gasteiger partial charge is 0.394 e. The van der Waals surface area contributed by atoms with Crippen molar-refractivity contribution >= 4 is 125 Å². The van der Waals surface area contributed by atoms with Crippen molar-refractivity contribution in [2.45, 2.75) is 177 Å². The maximum atomic E-state index is 14.8. The standard InChI is InChI=1S/C64H94BrN17O30P4S4/c1-32-18-46(78-11-8-43(67)72-59(78)88)103-39(32)26-102-116(120,98-17-16-97-15-14-96-13-10-70-45(84)22-63(3,4)112-64(5,6)30-66)110-37-21-48(80-23-33(2)54(85)76-61(80)90)105-42(37)29-100-114(93,118)109-36-20-49(82-31-71-50-53(82)74-58(69)75-56(50)87)106-41(36)27-99-113(92,117)108-35-19-47(79-12-9-44(68)73-60(79)89)104-40(35)28-101-115(94,119)111-51-38(25-83)107-57(52(51)95-7)81-24-34(65)55(86)77-62(81)91/h8-9,11-12,23-24,31-32,35-42,46-49,51-52,57,83H,10,13-22,25-30,66H2,1-7H3,(H,70,84)(H,92,117)(H,93,118)(H,94,119)(H2,67,72,88)(H2,68,73,89)(H,76,85,90)(H,77,86,91)(H3,69,74,75,87)/t32-,35-,36-,37-,38?,39?,40?,41?,42?,46-,47-,48-,49-,51?,52?,57?,113?,114?,115?,116?/m1/s1. The van der Waals surface area contributed by atoms with E-state index in [2.05, 4.69) is 68.4 Å². The van der Waals surface area contributed by atoms with Gasteiger partial charge in [-0.15, -0.1) is 0 Å². The molecular weight excluding hydrogens is 1820 g/mol. The Morgan fingerprint density at radius 2 is 1.18 bits per heavy atom. The highest BCUT2D eigenvalue weighted by molar-refractivity contribution is 9.10. The summed E-state index contributed by atoms with van der Waals surface area (Å²) >= 11 is 24.7. The first kappa shape index (κ1) is 95.1. The van der Waals surface area contributed by atoms with E-state index in [4.69, 9.17) is 142 Å². The van der Waals surface area contributed by atoms with Gasteiger partial charge in [0.05, 0.1) is 113 Å². The summed E-state index contributed by atoms with van der Waals surface area (Å²) in [7, 11) is 1.22. The minimum Gasteiger partial charge on any atom is -0.394 e. The van der Waals surface area contributed by atoms with E-state index >= 15 is 0 Å². The Hall–Kier alpha value is -5.53. The van der Waals surface area contributed by atoms with Crippen LogP contribution in [0.25, 0.3) is 11.2 Å². The highest BCUT2D eigenvalue weighted by Gasteiger charge is 2.52. The van der Waals surface area contributed by atoms with Gasteiger partial charge in [0.15, 0.2) is 17.4 Å². The molecule has 0 radical (unpaired) electrons. The Morgan fingerprint density at radius 3 is 1.78 bits per heavy atom. The maximum absolute atomic E-state index is 14.8. The molecule has 6 aromatic heterocycles. The summed E-state index contributed by atoms with van der Waals surface area (Å²) in [4.78, 5) is 150. The number of nitrogens with zero attached hydrogens (tertiary/aromatic N) is 9. The van der Waals surface area contributed by atoms with E-state index in [1.807, 2.05) is 20.8 Å². The minimum atomic E-state index is -4.78. The monoisotopic (exact) mass is 1910 g/mol. The number of aromatic amines is 3. The fraction of sp³-hybridized carbons (Fsp3) is 0.656. The second-order valence-corrected chi connectivity index (χ2v) is 41.6. The van der Waals surface area contributed by atoms with E-state index in [9.17, 15) is 57.8 Å². The van der Waals surface area contributed by atoms with Crippen LogP contribution in [0.4, 0.5) is 17.6 Å². The fourth-order valence-corrected chi connectivity index (χ4v) is 20.5. The molecule has 56 heteroatoms. The molecule has 0 saturated carbocycles. The van der Waals surface area contributed by atoms with Crippen LogP contribution in [0.3, 0.4) is 0 Å². The van der Waals surface area contributed by atoms with Crippen LogP contribution in [0.5, 0.6) is 0 Å². The van der Waals surface area contributed by atoms with E-state index in [-0.39, 0.29) is 129 Å². The number of hydrogen-bond donors (Lipinski definition) is 12. The molecule has 0 aromatic carbocycles. The Balaban J connectivity index is 0.793. The van der Waals surface area contributed by atoms with Gasteiger partial charge < -0.3 is 113 Å². The number of aromatic nitrogens is 12. The van der Waals surface area contributed by atoms with Crippen molar-refractivity contribution in [1.29, 1.82) is 0 Å². The molecule has 5 aliphatic rings. The fourth-order valence-electron chi connectivity index (χ4n) is 13.6. The Bertz CT molecular complexity index is 5280. The molecule has 11 rings (SSSR count). The molecular formula is C64H94BrN17O30P4S4. The zero-order valence-electron chi connectivity index (χ0n) is 65.3. The number of hydrogen-bond acceptors (Lipinski definition) is 39. The lowest BCUT2D eigenvalue weighted by Crippen LogP contribution is -2.44. The average Bonchev–Trinajstić information content (AvgIpc) is 1.63. The van der Waals surface area contributed by atoms with Crippen LogP contribution >= 0.6 is 55.1 Å². The molecule has 5 aliphatic heterocycles. The number of ether oxygens (including phenoxy) is 9. The quantitative estimate of drug-likeness (QED) is 0.0142. The van der Waals surface area contributed by atoms with Gasteiger partial charge >= 0.3 is 49.7 Å². The number of fused-ring (bicyclic) bond motifs is 1. The number of rotatable bonds is 42. The predicted molar refractivity (Wildman–Crippen MR) is 439 cm³/mol. The summed E-state index contributed by atoms with van der Waals surface area (Å²) in [5.41, 5.74) is 16.4. The van der Waals surface area contributed by atoms with Crippen LogP contribution in [-0.2, 0) is 128 Å². The number of halogens is 1. The third-order valence-electron chi connectivity index (χ3n) is 19.3.